The van der Waals surface area contributed by atoms with Crippen molar-refractivity contribution < 1.29 is 9.59 Å². The van der Waals surface area contributed by atoms with E-state index in [-0.39, 0.29) is 17.1 Å². The van der Waals surface area contributed by atoms with E-state index >= 15 is 0 Å². The topological polar surface area (TPSA) is 46.2 Å². The van der Waals surface area contributed by atoms with Gasteiger partial charge in [0.25, 0.3) is 0 Å². The summed E-state index contributed by atoms with van der Waals surface area (Å²) in [5, 5.41) is 2.38. The highest BCUT2D eigenvalue weighted by molar-refractivity contribution is 8.02. The van der Waals surface area contributed by atoms with Gasteiger partial charge in [0.15, 0.2) is 0 Å². The van der Waals surface area contributed by atoms with Crippen LogP contribution in [0.5, 0.6) is 0 Å². The van der Waals surface area contributed by atoms with Gasteiger partial charge in [-0.1, -0.05) is 19.8 Å². The first kappa shape index (κ1) is 11.6. The van der Waals surface area contributed by atoms with Gasteiger partial charge in [0, 0.05) is 0 Å². The zero-order chi connectivity index (χ0) is 10.8. The number of hydrogen-bond acceptors (Lipinski definition) is 3. The molecule has 1 unspecified atom stereocenters. The maximum atomic E-state index is 11.4. The van der Waals surface area contributed by atoms with Crippen LogP contribution in [0, 0.1) is 0 Å². The fourth-order valence-electron chi connectivity index (χ4n) is 1.39. The second-order valence-corrected chi connectivity index (χ2v) is 5.90. The first-order chi connectivity index (χ1) is 6.47. The zero-order valence-electron chi connectivity index (χ0n) is 8.92. The maximum Gasteiger partial charge on any atom is 0.242 e. The van der Waals surface area contributed by atoms with E-state index in [1.807, 2.05) is 13.8 Å². The van der Waals surface area contributed by atoms with Crippen LogP contribution < -0.4 is 5.32 Å². The predicted molar refractivity (Wildman–Crippen MR) is 58.1 cm³/mol. The molecule has 80 valence electrons. The van der Waals surface area contributed by atoms with Gasteiger partial charge in [-0.05, 0) is 20.3 Å². The molecule has 0 aromatic carbocycles. The number of hydrogen-bond donors (Lipinski definition) is 1. The molecule has 0 bridgehead atoms. The molecule has 1 atom stereocenters. The molecular weight excluding hydrogens is 198 g/mol. The van der Waals surface area contributed by atoms with Gasteiger partial charge in [0.05, 0.1) is 10.00 Å². The Morgan fingerprint density at radius 1 is 1.43 bits per heavy atom. The first-order valence-corrected chi connectivity index (χ1v) is 5.88. The average Bonchev–Trinajstić information content (AvgIpc) is 2.09. The SMILES string of the molecule is CCCCC1SC(C)(C)C(=O)NC1=O. The number of rotatable bonds is 3. The molecule has 4 heteroatoms. The van der Waals surface area contributed by atoms with Gasteiger partial charge in [-0.3, -0.25) is 14.9 Å². The second kappa shape index (κ2) is 4.34. The van der Waals surface area contributed by atoms with Crippen molar-refractivity contribution in [2.45, 2.75) is 50.0 Å². The Labute approximate surface area is 89.0 Å². The molecule has 0 saturated carbocycles. The molecule has 1 aliphatic rings. The van der Waals surface area contributed by atoms with Crippen molar-refractivity contribution in [2.75, 3.05) is 0 Å². The van der Waals surface area contributed by atoms with E-state index in [2.05, 4.69) is 12.2 Å². The van der Waals surface area contributed by atoms with Gasteiger partial charge < -0.3 is 0 Å². The number of amides is 2. The van der Waals surface area contributed by atoms with Crippen LogP contribution in [0.25, 0.3) is 0 Å². The second-order valence-electron chi connectivity index (χ2n) is 4.08. The summed E-state index contributed by atoms with van der Waals surface area (Å²) in [6.45, 7) is 5.82. The van der Waals surface area contributed by atoms with Crippen LogP contribution in [0.15, 0.2) is 0 Å². The summed E-state index contributed by atoms with van der Waals surface area (Å²) in [4.78, 5) is 22.8. The van der Waals surface area contributed by atoms with Crippen molar-refractivity contribution in [1.82, 2.24) is 5.32 Å². The highest BCUT2D eigenvalue weighted by atomic mass is 32.2. The molecular formula is C10H17NO2S. The highest BCUT2D eigenvalue weighted by Crippen LogP contribution is 2.34. The Bertz CT molecular complexity index is 251. The molecule has 1 N–H and O–H groups in total. The molecule has 1 rings (SSSR count). The molecule has 0 aliphatic carbocycles. The van der Waals surface area contributed by atoms with Gasteiger partial charge in [-0.15, -0.1) is 11.8 Å². The minimum atomic E-state index is -0.466. The number of nitrogens with one attached hydrogen (secondary N) is 1. The number of unbranched alkanes of at least 4 members (excludes halogenated alkanes) is 1. The molecule has 3 nitrogen and oxygen atoms in total. The molecule has 0 aromatic rings. The average molecular weight is 215 g/mol. The standard InChI is InChI=1S/C10H17NO2S/c1-4-5-6-7-8(12)11-9(13)10(2,3)14-7/h7H,4-6H2,1-3H3,(H,11,12,13). The van der Waals surface area contributed by atoms with Crippen LogP contribution in [0.3, 0.4) is 0 Å². The van der Waals surface area contributed by atoms with Crippen LogP contribution >= 0.6 is 11.8 Å². The van der Waals surface area contributed by atoms with Crippen molar-refractivity contribution in [3.8, 4) is 0 Å². The van der Waals surface area contributed by atoms with E-state index < -0.39 is 4.75 Å². The number of carbonyl (C=O) groups is 2. The number of carbonyl (C=O) groups excluding carboxylic acids is 2. The van der Waals surface area contributed by atoms with Crippen LogP contribution in [-0.4, -0.2) is 21.8 Å². The molecule has 0 spiro atoms. The smallest absolute Gasteiger partial charge is 0.242 e. The fraction of sp³-hybridized carbons (Fsp3) is 0.800. The van der Waals surface area contributed by atoms with E-state index in [1.54, 1.807) is 0 Å². The number of imide groups is 1. The monoisotopic (exact) mass is 215 g/mol. The lowest BCUT2D eigenvalue weighted by molar-refractivity contribution is -0.132. The molecule has 2 amide bonds. The molecule has 0 aromatic heterocycles. The number of thioether (sulfide) groups is 1. The van der Waals surface area contributed by atoms with Crippen molar-refractivity contribution in [3.05, 3.63) is 0 Å². The normalized spacial score (nSPS) is 26.1. The minimum Gasteiger partial charge on any atom is -0.294 e. The van der Waals surface area contributed by atoms with Crippen LogP contribution in [-0.2, 0) is 9.59 Å². The van der Waals surface area contributed by atoms with Crippen molar-refractivity contribution in [3.63, 3.8) is 0 Å². The quantitative estimate of drug-likeness (QED) is 0.729. The lowest BCUT2D eigenvalue weighted by Crippen LogP contribution is -2.52. The summed E-state index contributed by atoms with van der Waals surface area (Å²) in [5.41, 5.74) is 0. The van der Waals surface area contributed by atoms with Gasteiger partial charge >= 0.3 is 0 Å². The fourth-order valence-corrected chi connectivity index (χ4v) is 2.70. The molecule has 14 heavy (non-hydrogen) atoms. The van der Waals surface area contributed by atoms with Crippen molar-refractivity contribution in [2.24, 2.45) is 0 Å². The summed E-state index contributed by atoms with van der Waals surface area (Å²) in [5.74, 6) is -0.284. The summed E-state index contributed by atoms with van der Waals surface area (Å²) < 4.78 is -0.466. The third-order valence-corrected chi connectivity index (χ3v) is 3.84. The largest absolute Gasteiger partial charge is 0.294 e. The van der Waals surface area contributed by atoms with E-state index in [1.165, 1.54) is 11.8 Å². The van der Waals surface area contributed by atoms with E-state index in [9.17, 15) is 9.59 Å². The van der Waals surface area contributed by atoms with Crippen molar-refractivity contribution in [1.29, 1.82) is 0 Å². The molecule has 1 aliphatic heterocycles. The summed E-state index contributed by atoms with van der Waals surface area (Å²) in [7, 11) is 0. The molecule has 1 fully saturated rings. The molecule has 1 saturated heterocycles. The van der Waals surface area contributed by atoms with Gasteiger partial charge in [-0.25, -0.2) is 0 Å². The first-order valence-electron chi connectivity index (χ1n) is 5.00. The summed E-state index contributed by atoms with van der Waals surface area (Å²) in [6, 6.07) is 0. The maximum absolute atomic E-state index is 11.4. The Kier molecular flexibility index (Phi) is 3.59. The van der Waals surface area contributed by atoms with Crippen molar-refractivity contribution >= 4 is 23.6 Å². The molecule has 1 heterocycles. The third-order valence-electron chi connectivity index (χ3n) is 2.33. The van der Waals surface area contributed by atoms with Crippen LogP contribution in [0.4, 0.5) is 0 Å². The van der Waals surface area contributed by atoms with Crippen LogP contribution in [0.2, 0.25) is 0 Å². The lowest BCUT2D eigenvalue weighted by Gasteiger charge is -2.32. The van der Waals surface area contributed by atoms with Gasteiger partial charge in [0.1, 0.15) is 0 Å². The van der Waals surface area contributed by atoms with Gasteiger partial charge in [-0.2, -0.15) is 0 Å². The zero-order valence-corrected chi connectivity index (χ0v) is 9.74. The van der Waals surface area contributed by atoms with Gasteiger partial charge in [0.2, 0.25) is 11.8 Å². The van der Waals surface area contributed by atoms with E-state index in [0.29, 0.717) is 0 Å². The highest BCUT2D eigenvalue weighted by Gasteiger charge is 2.40. The van der Waals surface area contributed by atoms with Crippen LogP contribution in [0.1, 0.15) is 40.0 Å². The van der Waals surface area contributed by atoms with E-state index in [0.717, 1.165) is 19.3 Å². The third kappa shape index (κ3) is 2.50. The Hall–Kier alpha value is -0.510. The Balaban J connectivity index is 2.61. The summed E-state index contributed by atoms with van der Waals surface area (Å²) in [6.07, 6.45) is 2.98. The summed E-state index contributed by atoms with van der Waals surface area (Å²) >= 11 is 1.48. The Morgan fingerprint density at radius 2 is 2.07 bits per heavy atom. The van der Waals surface area contributed by atoms with E-state index in [4.69, 9.17) is 0 Å². The molecule has 0 radical (unpaired) electrons. The Morgan fingerprint density at radius 3 is 2.64 bits per heavy atom. The lowest BCUT2D eigenvalue weighted by atomic mass is 10.1. The minimum absolute atomic E-state index is 0.0531. The predicted octanol–water partition coefficient (Wildman–Crippen LogP) is 1.71.